The molecule has 0 aliphatic heterocycles. The molecule has 94 valence electrons. The molecule has 1 aromatic heterocycles. The predicted octanol–water partition coefficient (Wildman–Crippen LogP) is 3.60. The molecule has 0 fully saturated rings. The summed E-state index contributed by atoms with van der Waals surface area (Å²) in [7, 11) is 1.94. The van der Waals surface area contributed by atoms with Crippen LogP contribution in [-0.2, 0) is 13.5 Å². The summed E-state index contributed by atoms with van der Waals surface area (Å²) in [5, 5.41) is 0. The fourth-order valence-electron chi connectivity index (χ4n) is 1.71. The number of halogens is 2. The van der Waals surface area contributed by atoms with Gasteiger partial charge in [0.25, 0.3) is 0 Å². The van der Waals surface area contributed by atoms with Crippen molar-refractivity contribution in [2.45, 2.75) is 12.8 Å². The lowest BCUT2D eigenvalue weighted by molar-refractivity contribution is 0.0981. The first kappa shape index (κ1) is 13.7. The molecule has 0 amide bonds. The number of aromatic nitrogens is 2. The predicted molar refractivity (Wildman–Crippen MR) is 82.7 cm³/mol. The van der Waals surface area contributed by atoms with Gasteiger partial charge in [-0.15, -0.1) is 0 Å². The molecule has 0 aliphatic carbocycles. The van der Waals surface area contributed by atoms with Gasteiger partial charge in [-0.2, -0.15) is 0 Å². The lowest BCUT2D eigenvalue weighted by Crippen LogP contribution is -2.06. The number of ketones is 1. The SMILES string of the molecule is Cn1ccnc1CCC(=O)c1cc(Br)ccc1I. The topological polar surface area (TPSA) is 34.9 Å². The second kappa shape index (κ2) is 5.97. The van der Waals surface area contributed by atoms with Crippen LogP contribution < -0.4 is 0 Å². The molecule has 0 N–H and O–H groups in total. The van der Waals surface area contributed by atoms with Crippen LogP contribution in [0.2, 0.25) is 0 Å². The maximum Gasteiger partial charge on any atom is 0.164 e. The molecule has 1 heterocycles. The number of imidazole rings is 1. The third-order valence-corrected chi connectivity index (χ3v) is 4.16. The van der Waals surface area contributed by atoms with Gasteiger partial charge in [0.15, 0.2) is 5.78 Å². The van der Waals surface area contributed by atoms with E-state index in [-0.39, 0.29) is 5.78 Å². The molecule has 0 saturated heterocycles. The van der Waals surface area contributed by atoms with Crippen molar-refractivity contribution < 1.29 is 4.79 Å². The van der Waals surface area contributed by atoms with Crippen LogP contribution in [0.3, 0.4) is 0 Å². The summed E-state index contributed by atoms with van der Waals surface area (Å²) in [6.07, 6.45) is 4.80. The number of Topliss-reactive ketones (excluding diaryl/α,β-unsaturated/α-hetero) is 1. The Balaban J connectivity index is 2.08. The van der Waals surface area contributed by atoms with Crippen molar-refractivity contribution >= 4 is 44.3 Å². The average Bonchev–Trinajstić information content (AvgIpc) is 2.75. The minimum absolute atomic E-state index is 0.156. The van der Waals surface area contributed by atoms with E-state index in [1.165, 1.54) is 0 Å². The van der Waals surface area contributed by atoms with Crippen LogP contribution in [0.1, 0.15) is 22.6 Å². The first-order chi connectivity index (χ1) is 8.58. The highest BCUT2D eigenvalue weighted by molar-refractivity contribution is 14.1. The monoisotopic (exact) mass is 418 g/mol. The van der Waals surface area contributed by atoms with Crippen molar-refractivity contribution in [2.24, 2.45) is 7.05 Å². The van der Waals surface area contributed by atoms with Gasteiger partial charge in [-0.3, -0.25) is 4.79 Å². The number of aryl methyl sites for hydroxylation is 2. The van der Waals surface area contributed by atoms with Gasteiger partial charge in [0.05, 0.1) is 0 Å². The first-order valence-corrected chi connectivity index (χ1v) is 7.39. The molecule has 2 rings (SSSR count). The van der Waals surface area contributed by atoms with Crippen molar-refractivity contribution in [1.82, 2.24) is 9.55 Å². The molecular formula is C13H12BrIN2O. The van der Waals surface area contributed by atoms with Gasteiger partial charge in [-0.1, -0.05) is 15.9 Å². The van der Waals surface area contributed by atoms with E-state index in [2.05, 4.69) is 43.5 Å². The zero-order valence-corrected chi connectivity index (χ0v) is 13.6. The summed E-state index contributed by atoms with van der Waals surface area (Å²) in [4.78, 5) is 16.4. The van der Waals surface area contributed by atoms with E-state index in [4.69, 9.17) is 0 Å². The molecule has 1 aromatic carbocycles. The van der Waals surface area contributed by atoms with E-state index in [9.17, 15) is 4.79 Å². The van der Waals surface area contributed by atoms with Crippen molar-refractivity contribution in [3.05, 3.63) is 50.0 Å². The van der Waals surface area contributed by atoms with Crippen molar-refractivity contribution in [3.8, 4) is 0 Å². The Kier molecular flexibility index (Phi) is 4.55. The van der Waals surface area contributed by atoms with Crippen LogP contribution in [-0.4, -0.2) is 15.3 Å². The molecule has 0 saturated carbocycles. The zero-order valence-electron chi connectivity index (χ0n) is 9.86. The Bertz CT molecular complexity index is 580. The number of carbonyl (C=O) groups is 1. The number of benzene rings is 1. The number of hydrogen-bond acceptors (Lipinski definition) is 2. The number of hydrogen-bond donors (Lipinski definition) is 0. The van der Waals surface area contributed by atoms with Gasteiger partial charge in [-0.05, 0) is 40.8 Å². The Hall–Kier alpha value is -0.690. The zero-order chi connectivity index (χ0) is 13.1. The van der Waals surface area contributed by atoms with E-state index in [0.717, 1.165) is 19.4 Å². The van der Waals surface area contributed by atoms with Crippen LogP contribution >= 0.6 is 38.5 Å². The Morgan fingerprint density at radius 1 is 1.50 bits per heavy atom. The summed E-state index contributed by atoms with van der Waals surface area (Å²) in [5.74, 6) is 1.09. The van der Waals surface area contributed by atoms with E-state index in [1.54, 1.807) is 6.20 Å². The second-order valence-electron chi connectivity index (χ2n) is 4.00. The van der Waals surface area contributed by atoms with Gasteiger partial charge in [0.2, 0.25) is 0 Å². The Morgan fingerprint density at radius 3 is 2.94 bits per heavy atom. The van der Waals surface area contributed by atoms with Gasteiger partial charge >= 0.3 is 0 Å². The van der Waals surface area contributed by atoms with Gasteiger partial charge < -0.3 is 4.57 Å². The molecule has 0 aliphatic rings. The smallest absolute Gasteiger partial charge is 0.164 e. The third-order valence-electron chi connectivity index (χ3n) is 2.73. The van der Waals surface area contributed by atoms with Crippen LogP contribution in [0, 0.1) is 3.57 Å². The van der Waals surface area contributed by atoms with Crippen molar-refractivity contribution in [3.63, 3.8) is 0 Å². The molecule has 0 spiro atoms. The molecule has 5 heteroatoms. The van der Waals surface area contributed by atoms with Gasteiger partial charge in [-0.25, -0.2) is 4.98 Å². The lowest BCUT2D eigenvalue weighted by Gasteiger charge is -2.05. The number of nitrogens with zero attached hydrogens (tertiary/aromatic N) is 2. The summed E-state index contributed by atoms with van der Waals surface area (Å²) in [5.41, 5.74) is 0.777. The highest BCUT2D eigenvalue weighted by Crippen LogP contribution is 2.20. The molecule has 0 radical (unpaired) electrons. The maximum absolute atomic E-state index is 12.2. The van der Waals surface area contributed by atoms with Crippen LogP contribution in [0.4, 0.5) is 0 Å². The van der Waals surface area contributed by atoms with Crippen molar-refractivity contribution in [1.29, 1.82) is 0 Å². The molecule has 0 bridgehead atoms. The average molecular weight is 419 g/mol. The number of carbonyl (C=O) groups excluding carboxylic acids is 1. The van der Waals surface area contributed by atoms with Crippen LogP contribution in [0.25, 0.3) is 0 Å². The Labute approximate surface area is 128 Å². The molecule has 2 aromatic rings. The molecule has 3 nitrogen and oxygen atoms in total. The quantitative estimate of drug-likeness (QED) is 0.561. The summed E-state index contributed by atoms with van der Waals surface area (Å²) in [6.45, 7) is 0. The standard InChI is InChI=1S/C13H12BrIN2O/c1-17-7-6-16-13(17)5-4-12(18)10-8-9(14)2-3-11(10)15/h2-3,6-8H,4-5H2,1H3. The minimum Gasteiger partial charge on any atom is -0.338 e. The summed E-state index contributed by atoms with van der Waals surface area (Å²) >= 11 is 5.58. The fourth-order valence-corrected chi connectivity index (χ4v) is 2.71. The van der Waals surface area contributed by atoms with Crippen LogP contribution in [0.15, 0.2) is 35.1 Å². The van der Waals surface area contributed by atoms with Gasteiger partial charge in [0.1, 0.15) is 5.82 Å². The number of rotatable bonds is 4. The van der Waals surface area contributed by atoms with Gasteiger partial charge in [0, 0.05) is 45.9 Å². The highest BCUT2D eigenvalue weighted by Gasteiger charge is 2.11. The third kappa shape index (κ3) is 3.20. The van der Waals surface area contributed by atoms with Crippen molar-refractivity contribution in [2.75, 3.05) is 0 Å². The Morgan fingerprint density at radius 2 is 2.28 bits per heavy atom. The van der Waals surface area contributed by atoms with Crippen LogP contribution in [0.5, 0.6) is 0 Å². The first-order valence-electron chi connectivity index (χ1n) is 5.52. The molecule has 0 unspecified atom stereocenters. The largest absolute Gasteiger partial charge is 0.338 e. The molecule has 0 atom stereocenters. The summed E-state index contributed by atoms with van der Waals surface area (Å²) in [6, 6.07) is 5.76. The lowest BCUT2D eigenvalue weighted by atomic mass is 10.1. The highest BCUT2D eigenvalue weighted by atomic mass is 127. The normalized spacial score (nSPS) is 10.6. The van der Waals surface area contributed by atoms with E-state index >= 15 is 0 Å². The van der Waals surface area contributed by atoms with E-state index in [0.29, 0.717) is 12.8 Å². The maximum atomic E-state index is 12.2. The van der Waals surface area contributed by atoms with E-state index < -0.39 is 0 Å². The van der Waals surface area contributed by atoms with E-state index in [1.807, 2.05) is 36.0 Å². The second-order valence-corrected chi connectivity index (χ2v) is 6.08. The molecular weight excluding hydrogens is 407 g/mol. The fraction of sp³-hybridized carbons (Fsp3) is 0.231. The molecule has 18 heavy (non-hydrogen) atoms. The minimum atomic E-state index is 0.156. The summed E-state index contributed by atoms with van der Waals surface area (Å²) < 4.78 is 3.86.